The topological polar surface area (TPSA) is 30.7 Å². The van der Waals surface area contributed by atoms with Gasteiger partial charge in [-0.1, -0.05) is 194 Å². The minimum absolute atomic E-state index is 0.995. The molecule has 0 fully saturated rings. The van der Waals surface area contributed by atoms with E-state index in [1.165, 1.54) is 77.2 Å². The van der Waals surface area contributed by atoms with E-state index < -0.39 is 0 Å². The summed E-state index contributed by atoms with van der Waals surface area (Å²) in [6.07, 6.45) is 0. The molecule has 5 heteroatoms. The lowest BCUT2D eigenvalue weighted by Crippen LogP contribution is -1.94. The van der Waals surface area contributed by atoms with Crippen LogP contribution < -0.4 is 0 Å². The van der Waals surface area contributed by atoms with Crippen LogP contribution in [-0.4, -0.2) is 14.5 Å². The molecule has 14 rings (SSSR count). The molecule has 0 spiro atoms. The largest absolute Gasteiger partial charge is 0.309 e. The standard InChI is InChI=1S/C66H41N3S2/c1-5-16-44(17-6-1)55-38-59-63(40-57(55)46-20-9-3-10-21-46)70-65(67-59)50-29-33-53-54-34-30-51(66-68-60-39-56(45-18-7-2-8-19-45)58(41-64(60)71-66)47-22-11-4-12-23-47)37-62(54)69(61(53)36-50)52-31-27-43(28-32-52)49-26-25-42-15-13-14-24-48(42)35-49/h1-41H. The van der Waals surface area contributed by atoms with E-state index in [1.807, 2.05) is 0 Å². The van der Waals surface area contributed by atoms with E-state index in [-0.39, 0.29) is 0 Å². The van der Waals surface area contributed by atoms with Crippen molar-refractivity contribution < 1.29 is 0 Å². The zero-order chi connectivity index (χ0) is 46.8. The molecule has 71 heavy (non-hydrogen) atoms. The van der Waals surface area contributed by atoms with Crippen molar-refractivity contribution in [1.29, 1.82) is 0 Å². The van der Waals surface area contributed by atoms with Gasteiger partial charge in [0, 0.05) is 27.6 Å². The van der Waals surface area contributed by atoms with Gasteiger partial charge in [0.05, 0.1) is 31.5 Å². The maximum absolute atomic E-state index is 5.36. The Hall–Kier alpha value is -8.74. The molecule has 0 aliphatic rings. The third-order valence-corrected chi connectivity index (χ3v) is 16.0. The Labute approximate surface area is 418 Å². The maximum Gasteiger partial charge on any atom is 0.124 e. The quantitative estimate of drug-likeness (QED) is 0.152. The molecular formula is C66H41N3S2. The number of thiazole rings is 2. The second kappa shape index (κ2) is 17.0. The third-order valence-electron chi connectivity index (χ3n) is 13.9. The van der Waals surface area contributed by atoms with Gasteiger partial charge in [-0.2, -0.15) is 0 Å². The SMILES string of the molecule is c1ccc(-c2cc3nc(-c4ccc5c6ccc(-c7nc8cc(-c9ccccc9)c(-c9ccccc9)cc8s7)cc6n(-c6ccc(-c7ccc8ccccc8c7)cc6)c5c4)sc3cc2-c2ccccc2)cc1. The van der Waals surface area contributed by atoms with Crippen molar-refractivity contribution in [3.05, 3.63) is 249 Å². The average Bonchev–Trinajstić information content (AvgIpc) is 4.16. The number of benzene rings is 11. The molecule has 3 aromatic heterocycles. The first-order valence-electron chi connectivity index (χ1n) is 23.9. The summed E-state index contributed by atoms with van der Waals surface area (Å²) in [4.78, 5) is 10.7. The minimum Gasteiger partial charge on any atom is -0.309 e. The molecule has 3 nitrogen and oxygen atoms in total. The van der Waals surface area contributed by atoms with Gasteiger partial charge in [-0.05, 0) is 121 Å². The Bertz CT molecular complexity index is 3930. The van der Waals surface area contributed by atoms with E-state index in [0.29, 0.717) is 0 Å². The summed E-state index contributed by atoms with van der Waals surface area (Å²) < 4.78 is 4.76. The van der Waals surface area contributed by atoms with Crippen LogP contribution in [0.1, 0.15) is 0 Å². The number of fused-ring (bicyclic) bond motifs is 6. The molecule has 0 unspecified atom stereocenters. The van der Waals surface area contributed by atoms with Crippen LogP contribution in [0.25, 0.3) is 135 Å². The molecule has 14 aromatic rings. The van der Waals surface area contributed by atoms with Crippen molar-refractivity contribution in [2.24, 2.45) is 0 Å². The van der Waals surface area contributed by atoms with E-state index in [1.54, 1.807) is 22.7 Å². The fraction of sp³-hybridized carbons (Fsp3) is 0. The van der Waals surface area contributed by atoms with E-state index in [9.17, 15) is 0 Å². The highest BCUT2D eigenvalue weighted by atomic mass is 32.1. The van der Waals surface area contributed by atoms with Gasteiger partial charge >= 0.3 is 0 Å². The molecule has 0 bridgehead atoms. The summed E-state index contributed by atoms with van der Waals surface area (Å²) in [6.45, 7) is 0. The van der Waals surface area contributed by atoms with Crippen LogP contribution in [0.2, 0.25) is 0 Å². The lowest BCUT2D eigenvalue weighted by Gasteiger charge is -2.11. The second-order valence-electron chi connectivity index (χ2n) is 18.1. The van der Waals surface area contributed by atoms with Gasteiger partial charge in [-0.25, -0.2) is 9.97 Å². The smallest absolute Gasteiger partial charge is 0.124 e. The van der Waals surface area contributed by atoms with Crippen molar-refractivity contribution in [2.45, 2.75) is 0 Å². The van der Waals surface area contributed by atoms with Gasteiger partial charge in [-0.15, -0.1) is 22.7 Å². The molecule has 0 N–H and O–H groups in total. The Balaban J connectivity index is 0.929. The number of aromatic nitrogens is 3. The predicted octanol–water partition coefficient (Wildman–Crippen LogP) is 18.8. The van der Waals surface area contributed by atoms with Crippen LogP contribution in [0.3, 0.4) is 0 Å². The van der Waals surface area contributed by atoms with E-state index in [4.69, 9.17) is 9.97 Å². The van der Waals surface area contributed by atoms with E-state index in [0.717, 1.165) is 58.3 Å². The predicted molar refractivity (Wildman–Crippen MR) is 303 cm³/mol. The number of nitrogens with zero attached hydrogens (tertiary/aromatic N) is 3. The lowest BCUT2D eigenvalue weighted by molar-refractivity contribution is 1.18. The van der Waals surface area contributed by atoms with Crippen LogP contribution >= 0.6 is 22.7 Å². The molecule has 0 aliphatic carbocycles. The molecule has 332 valence electrons. The summed E-state index contributed by atoms with van der Waals surface area (Å²) in [5.41, 5.74) is 19.4. The van der Waals surface area contributed by atoms with Crippen LogP contribution in [0.4, 0.5) is 0 Å². The number of hydrogen-bond donors (Lipinski definition) is 0. The number of rotatable bonds is 8. The highest BCUT2D eigenvalue weighted by molar-refractivity contribution is 7.22. The van der Waals surface area contributed by atoms with Gasteiger partial charge in [-0.3, -0.25) is 0 Å². The normalized spacial score (nSPS) is 11.7. The van der Waals surface area contributed by atoms with Gasteiger partial charge in [0.25, 0.3) is 0 Å². The van der Waals surface area contributed by atoms with Crippen molar-refractivity contribution in [1.82, 2.24) is 14.5 Å². The van der Waals surface area contributed by atoms with Crippen LogP contribution in [0, 0.1) is 0 Å². The molecule has 0 aliphatic heterocycles. The van der Waals surface area contributed by atoms with Gasteiger partial charge in [0.1, 0.15) is 10.0 Å². The summed E-state index contributed by atoms with van der Waals surface area (Å²) >= 11 is 3.51. The first-order valence-corrected chi connectivity index (χ1v) is 25.6. The molecule has 11 aromatic carbocycles. The Morgan fingerprint density at radius 3 is 1.14 bits per heavy atom. The molecule has 0 saturated heterocycles. The fourth-order valence-corrected chi connectivity index (χ4v) is 12.3. The summed E-state index contributed by atoms with van der Waals surface area (Å²) in [5, 5.41) is 6.85. The first-order chi connectivity index (χ1) is 35.1. The van der Waals surface area contributed by atoms with Crippen molar-refractivity contribution in [2.75, 3.05) is 0 Å². The summed E-state index contributed by atoms with van der Waals surface area (Å²) in [5.74, 6) is 0. The molecule has 0 saturated carbocycles. The molecule has 0 atom stereocenters. The van der Waals surface area contributed by atoms with Crippen molar-refractivity contribution in [3.63, 3.8) is 0 Å². The monoisotopic (exact) mass is 939 g/mol. The Morgan fingerprint density at radius 2 is 0.676 bits per heavy atom. The fourth-order valence-electron chi connectivity index (χ4n) is 10.4. The van der Waals surface area contributed by atoms with Crippen molar-refractivity contribution in [3.8, 4) is 82.5 Å². The van der Waals surface area contributed by atoms with Crippen molar-refractivity contribution >= 4 is 75.7 Å². The van der Waals surface area contributed by atoms with Crippen LogP contribution in [-0.2, 0) is 0 Å². The highest BCUT2D eigenvalue weighted by Gasteiger charge is 2.20. The summed E-state index contributed by atoms with van der Waals surface area (Å²) in [7, 11) is 0. The van der Waals surface area contributed by atoms with Crippen LogP contribution in [0.15, 0.2) is 249 Å². The maximum atomic E-state index is 5.36. The number of hydrogen-bond acceptors (Lipinski definition) is 4. The van der Waals surface area contributed by atoms with E-state index in [2.05, 4.69) is 253 Å². The molecular weight excluding hydrogens is 899 g/mol. The molecule has 0 amide bonds. The minimum atomic E-state index is 0.995. The second-order valence-corrected chi connectivity index (χ2v) is 20.2. The average molecular weight is 940 g/mol. The summed E-state index contributed by atoms with van der Waals surface area (Å²) in [6, 6.07) is 90.0. The van der Waals surface area contributed by atoms with E-state index >= 15 is 0 Å². The zero-order valence-corrected chi connectivity index (χ0v) is 40.0. The third kappa shape index (κ3) is 7.33. The Morgan fingerprint density at radius 1 is 0.282 bits per heavy atom. The zero-order valence-electron chi connectivity index (χ0n) is 38.3. The van der Waals surface area contributed by atoms with Gasteiger partial charge in [0.15, 0.2) is 0 Å². The first kappa shape index (κ1) is 41.3. The van der Waals surface area contributed by atoms with Gasteiger partial charge in [0.2, 0.25) is 0 Å². The van der Waals surface area contributed by atoms with Gasteiger partial charge < -0.3 is 4.57 Å². The molecule has 3 heterocycles. The Kier molecular flexibility index (Phi) is 9.90. The molecule has 0 radical (unpaired) electrons. The van der Waals surface area contributed by atoms with Crippen LogP contribution in [0.5, 0.6) is 0 Å². The highest BCUT2D eigenvalue weighted by Crippen LogP contribution is 2.44. The lowest BCUT2D eigenvalue weighted by atomic mass is 9.94.